The molecule has 4 heteroatoms. The van der Waals surface area contributed by atoms with Crippen molar-refractivity contribution in [2.75, 3.05) is 0 Å². The van der Waals surface area contributed by atoms with Crippen molar-refractivity contribution >= 4 is 17.3 Å². The van der Waals surface area contributed by atoms with Gasteiger partial charge in [0, 0.05) is 12.4 Å². The molecule has 1 heterocycles. The molecule has 0 unspecified atom stereocenters. The Morgan fingerprint density at radius 3 is 2.79 bits per heavy atom. The minimum atomic E-state index is -0.582. The molecule has 0 atom stereocenters. The maximum Gasteiger partial charge on any atom is 0.117 e. The molecule has 0 bridgehead atoms. The Balaban J connectivity index is 3.01. The molecule has 1 rings (SSSR count). The molecule has 0 aromatic carbocycles. The summed E-state index contributed by atoms with van der Waals surface area (Å²) in [4.78, 5) is 0. The first-order valence-electron chi connectivity index (χ1n) is 4.03. The van der Waals surface area contributed by atoms with Crippen LogP contribution in [0.4, 0.5) is 4.39 Å². The maximum absolute atomic E-state index is 12.5. The minimum Gasteiger partial charge on any atom is -0.240 e. The van der Waals surface area contributed by atoms with Gasteiger partial charge in [-0.15, -0.1) is 0 Å². The Bertz CT molecular complexity index is 377. The minimum absolute atomic E-state index is 0.267. The number of hydrogen-bond donors (Lipinski definition) is 0. The van der Waals surface area contributed by atoms with Crippen LogP contribution < -0.4 is 0 Å². The van der Waals surface area contributed by atoms with Crippen molar-refractivity contribution in [2.45, 2.75) is 6.92 Å². The van der Waals surface area contributed by atoms with Crippen molar-refractivity contribution < 1.29 is 4.39 Å². The van der Waals surface area contributed by atoms with E-state index in [1.807, 2.05) is 0 Å². The van der Waals surface area contributed by atoms with Crippen LogP contribution in [0.2, 0.25) is 0 Å². The van der Waals surface area contributed by atoms with Gasteiger partial charge in [-0.25, -0.2) is 9.07 Å². The monoisotopic (exact) mass is 212 g/mol. The van der Waals surface area contributed by atoms with E-state index in [0.717, 1.165) is 6.08 Å². The van der Waals surface area contributed by atoms with Crippen molar-refractivity contribution in [3.05, 3.63) is 48.1 Å². The van der Waals surface area contributed by atoms with Crippen LogP contribution in [0.1, 0.15) is 6.92 Å². The third-order valence-electron chi connectivity index (χ3n) is 1.55. The van der Waals surface area contributed by atoms with Gasteiger partial charge in [0.2, 0.25) is 0 Å². The number of hydrogen-bond acceptors (Lipinski definition) is 1. The van der Waals surface area contributed by atoms with Crippen molar-refractivity contribution in [3.63, 3.8) is 0 Å². The van der Waals surface area contributed by atoms with E-state index in [0.29, 0.717) is 5.70 Å². The smallest absolute Gasteiger partial charge is 0.117 e. The van der Waals surface area contributed by atoms with Crippen molar-refractivity contribution in [3.8, 4) is 0 Å². The Kier molecular flexibility index (Phi) is 3.65. The van der Waals surface area contributed by atoms with Crippen molar-refractivity contribution in [1.82, 2.24) is 9.78 Å². The van der Waals surface area contributed by atoms with Crippen molar-refractivity contribution in [2.24, 2.45) is 0 Å². The molecule has 0 saturated heterocycles. The fourth-order valence-corrected chi connectivity index (χ4v) is 1.32. The molecule has 74 valence electrons. The first-order valence-corrected chi connectivity index (χ1v) is 4.41. The van der Waals surface area contributed by atoms with Crippen LogP contribution in [0.5, 0.6) is 0 Å². The second-order valence-electron chi connectivity index (χ2n) is 2.56. The van der Waals surface area contributed by atoms with E-state index in [2.05, 4.69) is 11.7 Å². The van der Waals surface area contributed by atoms with Gasteiger partial charge in [-0.3, -0.25) is 0 Å². The van der Waals surface area contributed by atoms with Gasteiger partial charge in [-0.1, -0.05) is 24.3 Å². The highest BCUT2D eigenvalue weighted by Crippen LogP contribution is 2.20. The Morgan fingerprint density at radius 2 is 2.36 bits per heavy atom. The summed E-state index contributed by atoms with van der Waals surface area (Å²) < 4.78 is 14.0. The first kappa shape index (κ1) is 10.7. The highest BCUT2D eigenvalue weighted by atomic mass is 35.5. The molecule has 0 fully saturated rings. The average molecular weight is 213 g/mol. The summed E-state index contributed by atoms with van der Waals surface area (Å²) in [5.74, 6) is -0.582. The first-order chi connectivity index (χ1) is 6.65. The van der Waals surface area contributed by atoms with Crippen LogP contribution >= 0.6 is 11.6 Å². The number of halogens is 2. The molecule has 2 nitrogen and oxygen atoms in total. The van der Waals surface area contributed by atoms with Crippen LogP contribution in [-0.4, -0.2) is 9.78 Å². The van der Waals surface area contributed by atoms with E-state index in [1.54, 1.807) is 36.1 Å². The van der Waals surface area contributed by atoms with Gasteiger partial charge in [0.25, 0.3) is 0 Å². The molecule has 0 spiro atoms. The summed E-state index contributed by atoms with van der Waals surface area (Å²) in [6, 6.07) is 1.76. The molecule has 0 amide bonds. The molecule has 0 aliphatic heterocycles. The fraction of sp³-hybridized carbons (Fsp3) is 0.100. The van der Waals surface area contributed by atoms with Gasteiger partial charge in [0.15, 0.2) is 0 Å². The normalized spacial score (nSPS) is 13.1. The van der Waals surface area contributed by atoms with E-state index in [4.69, 9.17) is 11.6 Å². The predicted octanol–water partition coefficient (Wildman–Crippen LogP) is 3.35. The summed E-state index contributed by atoms with van der Waals surface area (Å²) in [5, 5.41) is 4.25. The summed E-state index contributed by atoms with van der Waals surface area (Å²) in [6.07, 6.45) is 6.25. The number of allylic oxidation sites excluding steroid dienone is 5. The summed E-state index contributed by atoms with van der Waals surface area (Å²) >= 11 is 5.86. The molecule has 1 aromatic heterocycles. The number of nitrogens with zero attached hydrogens (tertiary/aromatic N) is 2. The maximum atomic E-state index is 12.5. The second kappa shape index (κ2) is 4.77. The van der Waals surface area contributed by atoms with Crippen LogP contribution in [0.15, 0.2) is 48.1 Å². The zero-order valence-electron chi connectivity index (χ0n) is 7.74. The summed E-state index contributed by atoms with van der Waals surface area (Å²) in [6.45, 7) is 4.91. The zero-order chi connectivity index (χ0) is 10.6. The highest BCUT2D eigenvalue weighted by Gasteiger charge is 2.04. The SMILES string of the molecule is C=C(F)/C=C(Cl)\C(=C/C)n1cccn1. The van der Waals surface area contributed by atoms with Crippen molar-refractivity contribution in [1.29, 1.82) is 0 Å². The zero-order valence-corrected chi connectivity index (χ0v) is 8.50. The largest absolute Gasteiger partial charge is 0.240 e. The lowest BCUT2D eigenvalue weighted by atomic mass is 10.3. The van der Waals surface area contributed by atoms with Gasteiger partial charge >= 0.3 is 0 Å². The molecule has 0 aliphatic rings. The lowest BCUT2D eigenvalue weighted by Gasteiger charge is -2.04. The fourth-order valence-electron chi connectivity index (χ4n) is 1.00. The van der Waals surface area contributed by atoms with Crippen LogP contribution in [0.25, 0.3) is 5.70 Å². The molecule has 0 radical (unpaired) electrons. The van der Waals surface area contributed by atoms with Crippen LogP contribution in [0, 0.1) is 0 Å². The lowest BCUT2D eigenvalue weighted by molar-refractivity contribution is 0.671. The molecule has 0 N–H and O–H groups in total. The molecule has 0 aliphatic carbocycles. The summed E-state index contributed by atoms with van der Waals surface area (Å²) in [7, 11) is 0. The number of aromatic nitrogens is 2. The third-order valence-corrected chi connectivity index (χ3v) is 1.86. The standard InChI is InChI=1S/C10H10ClFN2/c1-3-10(9(11)7-8(2)12)14-6-4-5-13-14/h3-7H,2H2,1H3/b9-7+,10-3+. The highest BCUT2D eigenvalue weighted by molar-refractivity contribution is 6.35. The molecular weight excluding hydrogens is 203 g/mol. The van der Waals surface area contributed by atoms with Crippen LogP contribution in [-0.2, 0) is 0 Å². The molecule has 1 aromatic rings. The molecule has 14 heavy (non-hydrogen) atoms. The topological polar surface area (TPSA) is 17.8 Å². The molecular formula is C10H10ClFN2. The Morgan fingerprint density at radius 1 is 1.64 bits per heavy atom. The van der Waals surface area contributed by atoms with E-state index in [1.165, 1.54) is 0 Å². The average Bonchev–Trinajstić information content (AvgIpc) is 2.57. The van der Waals surface area contributed by atoms with Gasteiger partial charge in [0.1, 0.15) is 5.83 Å². The predicted molar refractivity (Wildman–Crippen MR) is 56.4 cm³/mol. The second-order valence-corrected chi connectivity index (χ2v) is 2.97. The number of rotatable bonds is 3. The van der Waals surface area contributed by atoms with Gasteiger partial charge in [0.05, 0.1) is 10.7 Å². The van der Waals surface area contributed by atoms with E-state index >= 15 is 0 Å². The van der Waals surface area contributed by atoms with Crippen LogP contribution in [0.3, 0.4) is 0 Å². The van der Waals surface area contributed by atoms with E-state index in [9.17, 15) is 4.39 Å². The summed E-state index contributed by atoms with van der Waals surface area (Å²) in [5.41, 5.74) is 0.621. The van der Waals surface area contributed by atoms with E-state index in [-0.39, 0.29) is 5.03 Å². The van der Waals surface area contributed by atoms with E-state index < -0.39 is 5.83 Å². The lowest BCUT2D eigenvalue weighted by Crippen LogP contribution is -1.97. The Hall–Kier alpha value is -1.35. The van der Waals surface area contributed by atoms with Gasteiger partial charge < -0.3 is 0 Å². The quantitative estimate of drug-likeness (QED) is 0.703. The van der Waals surface area contributed by atoms with Gasteiger partial charge in [-0.05, 0) is 19.1 Å². The van der Waals surface area contributed by atoms with Gasteiger partial charge in [-0.2, -0.15) is 5.10 Å². The Labute approximate surface area is 87.0 Å². The third kappa shape index (κ3) is 2.57. The molecule has 0 saturated carbocycles.